The molecule has 0 spiro atoms. The highest BCUT2D eigenvalue weighted by Gasteiger charge is 2.07. The molecule has 148 valence electrons. The zero-order valence-corrected chi connectivity index (χ0v) is 18.6. The van der Waals surface area contributed by atoms with Crippen molar-refractivity contribution in [1.82, 2.24) is 10.6 Å². The van der Waals surface area contributed by atoms with Gasteiger partial charge in [-0.15, -0.1) is 35.3 Å². The van der Waals surface area contributed by atoms with Crippen molar-refractivity contribution < 1.29 is 9.18 Å². The highest BCUT2D eigenvalue weighted by atomic mass is 127. The second-order valence-electron chi connectivity index (χ2n) is 6.02. The summed E-state index contributed by atoms with van der Waals surface area (Å²) < 4.78 is 12.9. The number of hydrogen-bond acceptors (Lipinski definition) is 3. The van der Waals surface area contributed by atoms with Crippen molar-refractivity contribution in [3.63, 3.8) is 0 Å². The van der Waals surface area contributed by atoms with Gasteiger partial charge in [0.2, 0.25) is 5.91 Å². The maximum Gasteiger partial charge on any atom is 0.246 e. The van der Waals surface area contributed by atoms with Crippen LogP contribution >= 0.6 is 35.3 Å². The molecule has 1 aromatic heterocycles. The Kier molecular flexibility index (Phi) is 11.0. The van der Waals surface area contributed by atoms with Gasteiger partial charge in [-0.25, -0.2) is 9.38 Å². The number of anilines is 1. The van der Waals surface area contributed by atoms with E-state index < -0.39 is 0 Å². The van der Waals surface area contributed by atoms with Crippen molar-refractivity contribution in [2.45, 2.75) is 20.3 Å². The molecule has 0 fully saturated rings. The number of halogens is 2. The minimum absolute atomic E-state index is 0. The molecule has 0 aliphatic carbocycles. The fraction of sp³-hybridized carbons (Fsp3) is 0.368. The van der Waals surface area contributed by atoms with E-state index in [9.17, 15) is 9.18 Å². The Hall–Kier alpha value is -1.68. The molecular formula is C19H26FIN4OS. The average molecular weight is 504 g/mol. The van der Waals surface area contributed by atoms with Gasteiger partial charge in [-0.3, -0.25) is 4.79 Å². The van der Waals surface area contributed by atoms with Crippen LogP contribution in [0.25, 0.3) is 0 Å². The van der Waals surface area contributed by atoms with E-state index in [2.05, 4.69) is 45.4 Å². The van der Waals surface area contributed by atoms with Gasteiger partial charge in [0.25, 0.3) is 0 Å². The number of hydrogen-bond donors (Lipinski definition) is 3. The third kappa shape index (κ3) is 9.18. The van der Waals surface area contributed by atoms with Gasteiger partial charge in [-0.05, 0) is 55.0 Å². The maximum absolute atomic E-state index is 12.9. The molecule has 27 heavy (non-hydrogen) atoms. The fourth-order valence-corrected chi connectivity index (χ4v) is 3.21. The van der Waals surface area contributed by atoms with Gasteiger partial charge >= 0.3 is 0 Å². The smallest absolute Gasteiger partial charge is 0.246 e. The highest BCUT2D eigenvalue weighted by Crippen LogP contribution is 2.13. The first kappa shape index (κ1) is 23.4. The van der Waals surface area contributed by atoms with E-state index >= 15 is 0 Å². The zero-order valence-electron chi connectivity index (χ0n) is 15.5. The molecule has 0 aliphatic heterocycles. The summed E-state index contributed by atoms with van der Waals surface area (Å²) in [5.74, 6) is 0.474. The van der Waals surface area contributed by atoms with Crippen LogP contribution in [0.15, 0.2) is 46.8 Å². The molecular weight excluding hydrogens is 478 g/mol. The molecule has 1 atom stereocenters. The topological polar surface area (TPSA) is 65.5 Å². The van der Waals surface area contributed by atoms with Gasteiger partial charge in [-0.2, -0.15) is 0 Å². The van der Waals surface area contributed by atoms with Crippen molar-refractivity contribution in [3.05, 3.63) is 52.5 Å². The molecule has 0 saturated carbocycles. The van der Waals surface area contributed by atoms with Crippen LogP contribution in [-0.4, -0.2) is 31.5 Å². The van der Waals surface area contributed by atoms with Crippen LogP contribution in [0.2, 0.25) is 0 Å². The Labute approximate surface area is 180 Å². The number of rotatable bonds is 8. The number of nitrogens with one attached hydrogen (secondary N) is 3. The monoisotopic (exact) mass is 504 g/mol. The van der Waals surface area contributed by atoms with Gasteiger partial charge in [0.15, 0.2) is 5.96 Å². The van der Waals surface area contributed by atoms with Gasteiger partial charge in [0.1, 0.15) is 12.4 Å². The standard InChI is InChI=1S/C19H25FN4OS.HI/c1-3-21-19(22-12-14(2)11-17-5-4-10-26-17)23-13-18(25)24-16-8-6-15(20)7-9-16;/h4-10,14H,3,11-13H2,1-2H3,(H,24,25)(H2,21,22,23);1H. The van der Waals surface area contributed by atoms with Crippen LogP contribution in [0, 0.1) is 11.7 Å². The van der Waals surface area contributed by atoms with Crippen LogP contribution in [0.3, 0.4) is 0 Å². The van der Waals surface area contributed by atoms with Crippen molar-refractivity contribution in [2.24, 2.45) is 10.9 Å². The Balaban J connectivity index is 0.00000364. The molecule has 1 aromatic carbocycles. The number of thiophene rings is 1. The maximum atomic E-state index is 12.9. The third-order valence-corrected chi connectivity index (χ3v) is 4.50. The minimum atomic E-state index is -0.337. The molecule has 0 bridgehead atoms. The molecule has 1 heterocycles. The lowest BCUT2D eigenvalue weighted by Crippen LogP contribution is -2.40. The van der Waals surface area contributed by atoms with E-state index in [4.69, 9.17) is 0 Å². The lowest BCUT2D eigenvalue weighted by molar-refractivity contribution is -0.114. The average Bonchev–Trinajstić information content (AvgIpc) is 3.12. The number of nitrogens with zero attached hydrogens (tertiary/aromatic N) is 1. The minimum Gasteiger partial charge on any atom is -0.357 e. The van der Waals surface area contributed by atoms with E-state index in [-0.39, 0.29) is 42.2 Å². The molecule has 3 N–H and O–H groups in total. The normalized spacial score (nSPS) is 12.0. The molecule has 1 unspecified atom stereocenters. The first-order valence-corrected chi connectivity index (χ1v) is 9.54. The van der Waals surface area contributed by atoms with Gasteiger partial charge in [0, 0.05) is 23.7 Å². The predicted molar refractivity (Wildman–Crippen MR) is 122 cm³/mol. The Bertz CT molecular complexity index is 707. The van der Waals surface area contributed by atoms with Crippen LogP contribution in [-0.2, 0) is 11.2 Å². The predicted octanol–water partition coefficient (Wildman–Crippen LogP) is 3.88. The lowest BCUT2D eigenvalue weighted by Gasteiger charge is -2.15. The largest absolute Gasteiger partial charge is 0.357 e. The molecule has 8 heteroatoms. The SMILES string of the molecule is CCNC(=NCC(=O)Nc1ccc(F)cc1)NCC(C)Cc1cccs1.I. The number of carbonyl (C=O) groups excluding carboxylic acids is 1. The summed E-state index contributed by atoms with van der Waals surface area (Å²) in [6.45, 7) is 5.63. The van der Waals surface area contributed by atoms with Crippen LogP contribution in [0.5, 0.6) is 0 Å². The summed E-state index contributed by atoms with van der Waals surface area (Å²) in [6, 6.07) is 9.85. The fourth-order valence-electron chi connectivity index (χ4n) is 2.34. The van der Waals surface area contributed by atoms with E-state index in [1.807, 2.05) is 6.92 Å². The zero-order chi connectivity index (χ0) is 18.8. The number of amides is 1. The second-order valence-corrected chi connectivity index (χ2v) is 7.05. The van der Waals surface area contributed by atoms with Crippen molar-refractivity contribution >= 4 is 52.9 Å². The molecule has 0 saturated heterocycles. The Morgan fingerprint density at radius 3 is 2.59 bits per heavy atom. The molecule has 1 amide bonds. The van der Waals surface area contributed by atoms with Gasteiger partial charge in [0.05, 0.1) is 0 Å². The van der Waals surface area contributed by atoms with Crippen LogP contribution in [0.1, 0.15) is 18.7 Å². The van der Waals surface area contributed by atoms with E-state index in [0.717, 1.165) is 13.0 Å². The molecule has 0 aliphatic rings. The molecule has 5 nitrogen and oxygen atoms in total. The molecule has 2 rings (SSSR count). The van der Waals surface area contributed by atoms with Gasteiger partial charge < -0.3 is 16.0 Å². The quantitative estimate of drug-likeness (QED) is 0.291. The van der Waals surface area contributed by atoms with Crippen molar-refractivity contribution in [1.29, 1.82) is 0 Å². The lowest BCUT2D eigenvalue weighted by atomic mass is 10.1. The summed E-state index contributed by atoms with van der Waals surface area (Å²) in [5, 5.41) is 11.2. The summed E-state index contributed by atoms with van der Waals surface area (Å²) in [7, 11) is 0. The summed E-state index contributed by atoms with van der Waals surface area (Å²) in [4.78, 5) is 17.7. The highest BCUT2D eigenvalue weighted by molar-refractivity contribution is 14.0. The molecule has 2 aromatic rings. The summed E-state index contributed by atoms with van der Waals surface area (Å²) in [6.07, 6.45) is 1.01. The first-order chi connectivity index (χ1) is 12.6. The van der Waals surface area contributed by atoms with Crippen molar-refractivity contribution in [2.75, 3.05) is 25.0 Å². The Morgan fingerprint density at radius 1 is 1.22 bits per heavy atom. The number of benzene rings is 1. The van der Waals surface area contributed by atoms with E-state index in [1.54, 1.807) is 11.3 Å². The van der Waals surface area contributed by atoms with Crippen LogP contribution < -0.4 is 16.0 Å². The third-order valence-electron chi connectivity index (χ3n) is 3.60. The number of guanidine groups is 1. The van der Waals surface area contributed by atoms with E-state index in [0.29, 0.717) is 24.1 Å². The summed E-state index contributed by atoms with van der Waals surface area (Å²) in [5.41, 5.74) is 0.550. The number of aliphatic imine (C=N–C) groups is 1. The van der Waals surface area contributed by atoms with Crippen molar-refractivity contribution in [3.8, 4) is 0 Å². The first-order valence-electron chi connectivity index (χ1n) is 8.66. The number of carbonyl (C=O) groups is 1. The molecule has 0 radical (unpaired) electrons. The Morgan fingerprint density at radius 2 is 1.96 bits per heavy atom. The van der Waals surface area contributed by atoms with E-state index in [1.165, 1.54) is 29.1 Å². The van der Waals surface area contributed by atoms with Gasteiger partial charge in [-0.1, -0.05) is 13.0 Å². The summed E-state index contributed by atoms with van der Waals surface area (Å²) >= 11 is 1.76. The second kappa shape index (κ2) is 12.7. The van der Waals surface area contributed by atoms with Crippen LogP contribution in [0.4, 0.5) is 10.1 Å².